The third-order valence-electron chi connectivity index (χ3n) is 3.10. The van der Waals surface area contributed by atoms with Gasteiger partial charge in [-0.05, 0) is 47.0 Å². The van der Waals surface area contributed by atoms with E-state index in [1.54, 1.807) is 6.20 Å². The minimum atomic E-state index is -0.729. The van der Waals surface area contributed by atoms with Crippen LogP contribution in [0.15, 0.2) is 33.7 Å². The molecule has 110 valence electrons. The van der Waals surface area contributed by atoms with Crippen molar-refractivity contribution in [3.63, 3.8) is 0 Å². The van der Waals surface area contributed by atoms with Crippen molar-refractivity contribution in [3.8, 4) is 5.69 Å². The van der Waals surface area contributed by atoms with Crippen molar-refractivity contribution in [3.05, 3.63) is 55.9 Å². The van der Waals surface area contributed by atoms with Gasteiger partial charge in [-0.1, -0.05) is 13.0 Å². The van der Waals surface area contributed by atoms with E-state index in [-0.39, 0.29) is 11.1 Å². The number of halogens is 1. The quantitative estimate of drug-likeness (QED) is 0.798. The normalized spacial score (nSPS) is 10.5. The van der Waals surface area contributed by atoms with Crippen LogP contribution in [0.3, 0.4) is 0 Å². The minimum absolute atomic E-state index is 0.204. The molecule has 0 amide bonds. The van der Waals surface area contributed by atoms with Gasteiger partial charge in [-0.25, -0.2) is 9.48 Å². The Kier molecular flexibility index (Phi) is 4.57. The Hall–Kier alpha value is -1.95. The highest BCUT2D eigenvalue weighted by atomic mass is 79.9. The molecule has 1 heterocycles. The molecule has 2 aromatic rings. The predicted octanol–water partition coefficient (Wildman–Crippen LogP) is 2.65. The number of aromatic nitrogens is 2. The third kappa shape index (κ3) is 3.05. The molecular weight excluding hydrogens is 336 g/mol. The average molecular weight is 351 g/mol. The van der Waals surface area contributed by atoms with Crippen LogP contribution in [0.25, 0.3) is 5.69 Å². The summed E-state index contributed by atoms with van der Waals surface area (Å²) in [6, 6.07) is 5.75. The van der Waals surface area contributed by atoms with E-state index in [1.807, 2.05) is 32.0 Å². The number of methoxy groups -OCH3 is 1. The number of carbonyl (C=O) groups excluding carboxylic acids is 1. The van der Waals surface area contributed by atoms with E-state index in [2.05, 4.69) is 25.8 Å². The summed E-state index contributed by atoms with van der Waals surface area (Å²) >= 11 is 3.47. The smallest absolute Gasteiger partial charge is 0.362 e. The molecule has 0 aliphatic rings. The molecule has 0 aliphatic carbocycles. The number of nitrogens with zero attached hydrogens (tertiary/aromatic N) is 2. The molecule has 5 nitrogen and oxygen atoms in total. The van der Waals surface area contributed by atoms with E-state index in [1.165, 1.54) is 11.8 Å². The van der Waals surface area contributed by atoms with E-state index in [9.17, 15) is 9.59 Å². The van der Waals surface area contributed by atoms with Crippen LogP contribution in [0, 0.1) is 6.92 Å². The van der Waals surface area contributed by atoms with E-state index >= 15 is 0 Å². The van der Waals surface area contributed by atoms with Gasteiger partial charge >= 0.3 is 5.97 Å². The fourth-order valence-electron chi connectivity index (χ4n) is 1.94. The van der Waals surface area contributed by atoms with Crippen molar-refractivity contribution >= 4 is 21.9 Å². The Morgan fingerprint density at radius 1 is 1.43 bits per heavy atom. The monoisotopic (exact) mass is 350 g/mol. The highest BCUT2D eigenvalue weighted by molar-refractivity contribution is 9.10. The van der Waals surface area contributed by atoms with Gasteiger partial charge in [0.2, 0.25) is 11.1 Å². The van der Waals surface area contributed by atoms with Crippen LogP contribution in [-0.2, 0) is 11.2 Å². The lowest BCUT2D eigenvalue weighted by molar-refractivity contribution is 0.0590. The topological polar surface area (TPSA) is 61.2 Å². The van der Waals surface area contributed by atoms with Gasteiger partial charge in [0.05, 0.1) is 12.8 Å². The lowest BCUT2D eigenvalue weighted by Gasteiger charge is -2.11. The number of rotatable bonds is 3. The van der Waals surface area contributed by atoms with Crippen molar-refractivity contribution in [1.82, 2.24) is 9.78 Å². The van der Waals surface area contributed by atoms with Gasteiger partial charge in [0.15, 0.2) is 0 Å². The van der Waals surface area contributed by atoms with Gasteiger partial charge in [-0.15, -0.1) is 0 Å². The van der Waals surface area contributed by atoms with E-state index < -0.39 is 5.97 Å². The molecule has 0 spiro atoms. The number of ether oxygens (including phenoxy) is 1. The zero-order valence-electron chi connectivity index (χ0n) is 12.0. The average Bonchev–Trinajstić information content (AvgIpc) is 2.47. The first-order valence-electron chi connectivity index (χ1n) is 6.45. The summed E-state index contributed by atoms with van der Waals surface area (Å²) < 4.78 is 6.98. The maximum atomic E-state index is 12.1. The van der Waals surface area contributed by atoms with Gasteiger partial charge in [0, 0.05) is 16.2 Å². The summed E-state index contributed by atoms with van der Waals surface area (Å²) in [6.45, 7) is 3.83. The van der Waals surface area contributed by atoms with Crippen molar-refractivity contribution in [2.45, 2.75) is 20.3 Å². The summed E-state index contributed by atoms with van der Waals surface area (Å²) in [5.41, 5.74) is 1.77. The van der Waals surface area contributed by atoms with Gasteiger partial charge in [-0.2, -0.15) is 5.10 Å². The third-order valence-corrected chi connectivity index (χ3v) is 3.74. The van der Waals surface area contributed by atoms with Gasteiger partial charge in [0.25, 0.3) is 0 Å². The standard InChI is InChI=1S/C15H15BrN2O3/c1-4-10-8-18(12-6-5-9(2)7-11(12)16)17-13(14(10)19)15(20)21-3/h5-8H,4H2,1-3H3. The van der Waals surface area contributed by atoms with E-state index in [0.717, 1.165) is 15.7 Å². The molecule has 6 heteroatoms. The Labute approximate surface area is 130 Å². The first kappa shape index (κ1) is 15.4. The zero-order valence-corrected chi connectivity index (χ0v) is 13.6. The molecular formula is C15H15BrN2O3. The van der Waals surface area contributed by atoms with Crippen LogP contribution in [0.4, 0.5) is 0 Å². The summed E-state index contributed by atoms with van der Waals surface area (Å²) in [5.74, 6) is -0.729. The lowest BCUT2D eigenvalue weighted by Crippen LogP contribution is -2.25. The molecule has 0 aliphatic heterocycles. The van der Waals surface area contributed by atoms with Crippen molar-refractivity contribution < 1.29 is 9.53 Å². The summed E-state index contributed by atoms with van der Waals surface area (Å²) in [5, 5.41) is 4.11. The van der Waals surface area contributed by atoms with Crippen LogP contribution >= 0.6 is 15.9 Å². The minimum Gasteiger partial charge on any atom is -0.464 e. The molecule has 0 saturated heterocycles. The molecule has 0 radical (unpaired) electrons. The molecule has 0 fully saturated rings. The van der Waals surface area contributed by atoms with Crippen LogP contribution < -0.4 is 5.43 Å². The molecule has 2 rings (SSSR count). The van der Waals surface area contributed by atoms with Crippen molar-refractivity contribution in [2.24, 2.45) is 0 Å². The summed E-state index contributed by atoms with van der Waals surface area (Å²) in [4.78, 5) is 23.8. The Morgan fingerprint density at radius 3 is 2.71 bits per heavy atom. The Morgan fingerprint density at radius 2 is 2.14 bits per heavy atom. The Balaban J connectivity index is 2.69. The van der Waals surface area contributed by atoms with Crippen molar-refractivity contribution in [2.75, 3.05) is 7.11 Å². The number of esters is 1. The lowest BCUT2D eigenvalue weighted by atomic mass is 10.2. The van der Waals surface area contributed by atoms with Crippen LogP contribution in [-0.4, -0.2) is 22.9 Å². The molecule has 0 atom stereocenters. The second kappa shape index (κ2) is 6.22. The molecule has 0 bridgehead atoms. The Bertz CT molecular complexity index is 753. The first-order chi connectivity index (χ1) is 9.97. The maximum absolute atomic E-state index is 12.1. The fourth-order valence-corrected chi connectivity index (χ4v) is 2.62. The van der Waals surface area contributed by atoms with Crippen LogP contribution in [0.2, 0.25) is 0 Å². The maximum Gasteiger partial charge on any atom is 0.362 e. The number of hydrogen-bond donors (Lipinski definition) is 0. The second-order valence-corrected chi connectivity index (χ2v) is 5.43. The van der Waals surface area contributed by atoms with Gasteiger partial charge < -0.3 is 4.74 Å². The predicted molar refractivity (Wildman–Crippen MR) is 83.0 cm³/mol. The molecule has 21 heavy (non-hydrogen) atoms. The second-order valence-electron chi connectivity index (χ2n) is 4.58. The molecule has 0 N–H and O–H groups in total. The molecule has 0 saturated carbocycles. The highest BCUT2D eigenvalue weighted by Gasteiger charge is 2.17. The first-order valence-corrected chi connectivity index (χ1v) is 7.25. The number of carbonyl (C=O) groups is 1. The van der Waals surface area contributed by atoms with Gasteiger partial charge in [0.1, 0.15) is 0 Å². The number of hydrogen-bond acceptors (Lipinski definition) is 4. The fraction of sp³-hybridized carbons (Fsp3) is 0.267. The molecule has 1 aromatic carbocycles. The largest absolute Gasteiger partial charge is 0.464 e. The van der Waals surface area contributed by atoms with Crippen LogP contribution in [0.5, 0.6) is 0 Å². The van der Waals surface area contributed by atoms with E-state index in [0.29, 0.717) is 12.0 Å². The summed E-state index contributed by atoms with van der Waals surface area (Å²) in [6.07, 6.45) is 2.15. The SMILES string of the molecule is CCc1cn(-c2ccc(C)cc2Br)nc(C(=O)OC)c1=O. The number of benzene rings is 1. The summed E-state index contributed by atoms with van der Waals surface area (Å²) in [7, 11) is 1.23. The van der Waals surface area contributed by atoms with Gasteiger partial charge in [-0.3, -0.25) is 4.79 Å². The van der Waals surface area contributed by atoms with Crippen molar-refractivity contribution in [1.29, 1.82) is 0 Å². The van der Waals surface area contributed by atoms with Crippen LogP contribution in [0.1, 0.15) is 28.5 Å². The zero-order chi connectivity index (χ0) is 15.6. The number of aryl methyl sites for hydroxylation is 2. The molecule has 1 aromatic heterocycles. The molecule has 0 unspecified atom stereocenters. The highest BCUT2D eigenvalue weighted by Crippen LogP contribution is 2.21. The van der Waals surface area contributed by atoms with E-state index in [4.69, 9.17) is 0 Å².